The van der Waals surface area contributed by atoms with Gasteiger partial charge < -0.3 is 4.98 Å². The number of carbonyl (C=O) groups is 1. The normalized spacial score (nSPS) is 16.2. The van der Waals surface area contributed by atoms with Gasteiger partial charge in [-0.3, -0.25) is 4.79 Å². The number of Topliss-reactive ketones (excluding diaryl/α,β-unsaturated/α-hetero) is 1. The Hall–Kier alpha value is -2.42. The number of H-pyrrole nitrogens is 1. The number of pyridine rings is 1. The highest BCUT2D eigenvalue weighted by atomic mass is 16.1. The number of nitrogens with one attached hydrogen (secondary N) is 1. The smallest absolute Gasteiger partial charge is 0.175 e. The van der Waals surface area contributed by atoms with Crippen LogP contribution in [0.1, 0.15) is 28.8 Å². The van der Waals surface area contributed by atoms with Gasteiger partial charge in [0.15, 0.2) is 5.78 Å². The van der Waals surface area contributed by atoms with E-state index in [-0.39, 0.29) is 11.2 Å². The molecule has 3 nitrogen and oxygen atoms in total. The number of fused-ring (bicyclic) bond motifs is 1. The molecule has 1 saturated carbocycles. The topological polar surface area (TPSA) is 45.8 Å². The molecule has 0 spiro atoms. The van der Waals surface area contributed by atoms with Gasteiger partial charge in [0.1, 0.15) is 5.65 Å². The molecule has 0 bridgehead atoms. The maximum Gasteiger partial charge on any atom is 0.175 e. The van der Waals surface area contributed by atoms with Crippen molar-refractivity contribution < 1.29 is 4.79 Å². The molecule has 3 heteroatoms. The molecule has 0 radical (unpaired) electrons. The molecule has 1 aromatic carbocycles. The maximum absolute atomic E-state index is 13.0. The molecule has 2 heterocycles. The standard InChI is InChI=1S/C17H14N2O/c20-15(14-11-19-16-13(14)7-4-10-18-16)17(8-9-17)12-5-2-1-3-6-12/h1-7,10-11H,8-9H2,(H,18,19). The van der Waals surface area contributed by atoms with Crippen LogP contribution in [0.5, 0.6) is 0 Å². The number of nitrogens with zero attached hydrogens (tertiary/aromatic N) is 1. The molecule has 0 atom stereocenters. The Balaban J connectivity index is 1.82. The van der Waals surface area contributed by atoms with E-state index in [0.717, 1.165) is 35.0 Å². The highest BCUT2D eigenvalue weighted by Crippen LogP contribution is 2.50. The van der Waals surface area contributed by atoms with Gasteiger partial charge in [-0.2, -0.15) is 0 Å². The van der Waals surface area contributed by atoms with Crippen LogP contribution in [0.15, 0.2) is 54.9 Å². The molecule has 0 saturated heterocycles. The number of benzene rings is 1. The van der Waals surface area contributed by atoms with Crippen LogP contribution >= 0.6 is 0 Å². The third-order valence-corrected chi connectivity index (χ3v) is 4.21. The fourth-order valence-corrected chi connectivity index (χ4v) is 2.93. The minimum atomic E-state index is -0.313. The van der Waals surface area contributed by atoms with Gasteiger partial charge in [-0.25, -0.2) is 4.98 Å². The molecule has 3 aromatic rings. The van der Waals surface area contributed by atoms with E-state index in [1.54, 1.807) is 12.4 Å². The molecule has 1 aliphatic carbocycles. The van der Waals surface area contributed by atoms with E-state index in [0.29, 0.717) is 0 Å². The van der Waals surface area contributed by atoms with Gasteiger partial charge in [0, 0.05) is 23.3 Å². The van der Waals surface area contributed by atoms with Crippen molar-refractivity contribution in [1.29, 1.82) is 0 Å². The molecule has 1 aliphatic rings. The average molecular weight is 262 g/mol. The largest absolute Gasteiger partial charge is 0.345 e. The molecule has 0 amide bonds. The maximum atomic E-state index is 13.0. The molecule has 1 N–H and O–H groups in total. The molecule has 1 fully saturated rings. The molecule has 20 heavy (non-hydrogen) atoms. The fraction of sp³-hybridized carbons (Fsp3) is 0.176. The Kier molecular flexibility index (Phi) is 2.30. The summed E-state index contributed by atoms with van der Waals surface area (Å²) in [6, 6.07) is 13.9. The highest BCUT2D eigenvalue weighted by Gasteiger charge is 2.51. The summed E-state index contributed by atoms with van der Waals surface area (Å²) in [7, 11) is 0. The van der Waals surface area contributed by atoms with Gasteiger partial charge in [0.2, 0.25) is 0 Å². The molecular weight excluding hydrogens is 248 g/mol. The predicted molar refractivity (Wildman–Crippen MR) is 77.8 cm³/mol. The van der Waals surface area contributed by atoms with Crippen molar-refractivity contribution in [2.75, 3.05) is 0 Å². The zero-order valence-corrected chi connectivity index (χ0v) is 11.0. The van der Waals surface area contributed by atoms with Gasteiger partial charge in [0.25, 0.3) is 0 Å². The van der Waals surface area contributed by atoms with E-state index >= 15 is 0 Å². The summed E-state index contributed by atoms with van der Waals surface area (Å²) in [5.74, 6) is 0.211. The summed E-state index contributed by atoms with van der Waals surface area (Å²) < 4.78 is 0. The summed E-state index contributed by atoms with van der Waals surface area (Å²) >= 11 is 0. The second-order valence-corrected chi connectivity index (χ2v) is 5.38. The molecule has 4 rings (SSSR count). The number of ketones is 1. The number of hydrogen-bond donors (Lipinski definition) is 1. The van der Waals surface area contributed by atoms with Gasteiger partial charge in [0.05, 0.1) is 5.41 Å². The summed E-state index contributed by atoms with van der Waals surface area (Å²) in [6.07, 6.45) is 5.39. The second kappa shape index (κ2) is 4.04. The van der Waals surface area contributed by atoms with Crippen LogP contribution in [0.2, 0.25) is 0 Å². The molecule has 0 aliphatic heterocycles. The van der Waals surface area contributed by atoms with Crippen LogP contribution in [-0.4, -0.2) is 15.8 Å². The Bertz CT molecular complexity index is 785. The first-order chi connectivity index (χ1) is 9.81. The number of rotatable bonds is 3. The number of aromatic amines is 1. The molecule has 0 unspecified atom stereocenters. The summed E-state index contributed by atoms with van der Waals surface area (Å²) in [5, 5.41) is 0.916. The van der Waals surface area contributed by atoms with Gasteiger partial charge >= 0.3 is 0 Å². The van der Waals surface area contributed by atoms with E-state index in [9.17, 15) is 4.79 Å². The lowest BCUT2D eigenvalue weighted by Gasteiger charge is -2.13. The van der Waals surface area contributed by atoms with Crippen LogP contribution < -0.4 is 0 Å². The number of aromatic nitrogens is 2. The van der Waals surface area contributed by atoms with Crippen LogP contribution in [0.4, 0.5) is 0 Å². The highest BCUT2D eigenvalue weighted by molar-refractivity contribution is 6.13. The van der Waals surface area contributed by atoms with Crippen LogP contribution in [0.3, 0.4) is 0 Å². The van der Waals surface area contributed by atoms with Crippen molar-refractivity contribution >= 4 is 16.8 Å². The Labute approximate surface area is 116 Å². The first-order valence-corrected chi connectivity index (χ1v) is 6.84. The van der Waals surface area contributed by atoms with Gasteiger partial charge in [-0.05, 0) is 30.5 Å². The lowest BCUT2D eigenvalue weighted by molar-refractivity contribution is 0.0948. The van der Waals surface area contributed by atoms with E-state index < -0.39 is 0 Å². The van der Waals surface area contributed by atoms with Crippen LogP contribution in [0, 0.1) is 0 Å². The average Bonchev–Trinajstić information content (AvgIpc) is 3.21. The SMILES string of the molecule is O=C(c1c[nH]c2ncccc12)C1(c2ccccc2)CC1. The minimum Gasteiger partial charge on any atom is -0.345 e. The first kappa shape index (κ1) is 11.4. The van der Waals surface area contributed by atoms with E-state index in [4.69, 9.17) is 0 Å². The van der Waals surface area contributed by atoms with Crippen molar-refractivity contribution in [3.05, 3.63) is 66.0 Å². The van der Waals surface area contributed by atoms with E-state index in [2.05, 4.69) is 22.1 Å². The number of carbonyl (C=O) groups excluding carboxylic acids is 1. The zero-order chi connectivity index (χ0) is 13.6. The summed E-state index contributed by atoms with van der Waals surface area (Å²) in [4.78, 5) is 20.3. The second-order valence-electron chi connectivity index (χ2n) is 5.38. The quantitative estimate of drug-likeness (QED) is 0.734. The van der Waals surface area contributed by atoms with E-state index in [1.165, 1.54) is 0 Å². The zero-order valence-electron chi connectivity index (χ0n) is 11.0. The molecule has 2 aromatic heterocycles. The monoisotopic (exact) mass is 262 g/mol. The molecule has 98 valence electrons. The minimum absolute atomic E-state index is 0.211. The fourth-order valence-electron chi connectivity index (χ4n) is 2.93. The van der Waals surface area contributed by atoms with E-state index in [1.807, 2.05) is 30.3 Å². The Morgan fingerprint density at radius 2 is 1.90 bits per heavy atom. The van der Waals surface area contributed by atoms with Crippen LogP contribution in [0.25, 0.3) is 11.0 Å². The van der Waals surface area contributed by atoms with Crippen molar-refractivity contribution in [3.63, 3.8) is 0 Å². The Morgan fingerprint density at radius 3 is 2.65 bits per heavy atom. The van der Waals surface area contributed by atoms with Gasteiger partial charge in [-0.15, -0.1) is 0 Å². The third kappa shape index (κ3) is 1.53. The lowest BCUT2D eigenvalue weighted by Crippen LogP contribution is -2.20. The predicted octanol–water partition coefficient (Wildman–Crippen LogP) is 3.48. The van der Waals surface area contributed by atoms with Crippen molar-refractivity contribution in [3.8, 4) is 0 Å². The number of hydrogen-bond acceptors (Lipinski definition) is 2. The Morgan fingerprint density at radius 1 is 1.10 bits per heavy atom. The van der Waals surface area contributed by atoms with Crippen molar-refractivity contribution in [2.24, 2.45) is 0 Å². The summed E-state index contributed by atoms with van der Waals surface area (Å²) in [6.45, 7) is 0. The van der Waals surface area contributed by atoms with Crippen molar-refractivity contribution in [2.45, 2.75) is 18.3 Å². The van der Waals surface area contributed by atoms with Crippen molar-refractivity contribution in [1.82, 2.24) is 9.97 Å². The first-order valence-electron chi connectivity index (χ1n) is 6.84. The van der Waals surface area contributed by atoms with Gasteiger partial charge in [-0.1, -0.05) is 30.3 Å². The third-order valence-electron chi connectivity index (χ3n) is 4.21. The van der Waals surface area contributed by atoms with Crippen LogP contribution in [-0.2, 0) is 5.41 Å². The molecular formula is C17H14N2O. The lowest BCUT2D eigenvalue weighted by atomic mass is 9.87. The summed E-state index contributed by atoms with van der Waals surface area (Å²) in [5.41, 5.74) is 2.35.